The standard InChI is InChI=1S/C12H18N2O2/c1-15-10-3-4-11(12(7-10)16-2)14-9-5-6-13-8-9/h3-4,7,9,13-14H,5-6,8H2,1-2H3. The number of hydrogen-bond donors (Lipinski definition) is 2. The van der Waals surface area contributed by atoms with Crippen molar-refractivity contribution >= 4 is 5.69 Å². The molecule has 0 amide bonds. The van der Waals surface area contributed by atoms with Gasteiger partial charge in [0.25, 0.3) is 0 Å². The lowest BCUT2D eigenvalue weighted by atomic mass is 10.2. The highest BCUT2D eigenvalue weighted by Gasteiger charge is 2.15. The minimum atomic E-state index is 0.488. The Hall–Kier alpha value is -1.42. The summed E-state index contributed by atoms with van der Waals surface area (Å²) in [6, 6.07) is 6.32. The number of ether oxygens (including phenoxy) is 2. The van der Waals surface area contributed by atoms with E-state index in [9.17, 15) is 0 Å². The van der Waals surface area contributed by atoms with Crippen LogP contribution in [0.5, 0.6) is 11.5 Å². The zero-order valence-electron chi connectivity index (χ0n) is 9.75. The van der Waals surface area contributed by atoms with Crippen LogP contribution in [-0.2, 0) is 0 Å². The Morgan fingerprint density at radius 3 is 2.81 bits per heavy atom. The lowest BCUT2D eigenvalue weighted by molar-refractivity contribution is 0.395. The first-order valence-corrected chi connectivity index (χ1v) is 5.53. The molecule has 16 heavy (non-hydrogen) atoms. The van der Waals surface area contributed by atoms with E-state index in [4.69, 9.17) is 9.47 Å². The van der Waals surface area contributed by atoms with Crippen molar-refractivity contribution < 1.29 is 9.47 Å². The van der Waals surface area contributed by atoms with E-state index in [1.54, 1.807) is 14.2 Å². The summed E-state index contributed by atoms with van der Waals surface area (Å²) in [5.41, 5.74) is 1.03. The van der Waals surface area contributed by atoms with Crippen LogP contribution in [0, 0.1) is 0 Å². The summed E-state index contributed by atoms with van der Waals surface area (Å²) in [6.07, 6.45) is 1.15. The van der Waals surface area contributed by atoms with Gasteiger partial charge < -0.3 is 20.1 Å². The van der Waals surface area contributed by atoms with E-state index < -0.39 is 0 Å². The molecular weight excluding hydrogens is 204 g/mol. The summed E-state index contributed by atoms with van der Waals surface area (Å²) >= 11 is 0. The lowest BCUT2D eigenvalue weighted by Crippen LogP contribution is -2.22. The first kappa shape index (κ1) is 11.1. The van der Waals surface area contributed by atoms with Crippen molar-refractivity contribution in [2.24, 2.45) is 0 Å². The fourth-order valence-electron chi connectivity index (χ4n) is 1.92. The van der Waals surface area contributed by atoms with Crippen LogP contribution >= 0.6 is 0 Å². The zero-order valence-corrected chi connectivity index (χ0v) is 9.75. The molecule has 0 radical (unpaired) electrons. The van der Waals surface area contributed by atoms with Crippen LogP contribution in [-0.4, -0.2) is 33.4 Å². The quantitative estimate of drug-likeness (QED) is 0.809. The predicted molar refractivity (Wildman–Crippen MR) is 64.4 cm³/mol. The Labute approximate surface area is 95.9 Å². The highest BCUT2D eigenvalue weighted by molar-refractivity contribution is 5.59. The third-order valence-electron chi connectivity index (χ3n) is 2.83. The van der Waals surface area contributed by atoms with Gasteiger partial charge in [-0.1, -0.05) is 0 Å². The second kappa shape index (κ2) is 5.07. The summed E-state index contributed by atoms with van der Waals surface area (Å²) in [5.74, 6) is 1.64. The van der Waals surface area contributed by atoms with Gasteiger partial charge in [-0.2, -0.15) is 0 Å². The molecule has 1 saturated heterocycles. The zero-order chi connectivity index (χ0) is 11.4. The third-order valence-corrected chi connectivity index (χ3v) is 2.83. The smallest absolute Gasteiger partial charge is 0.145 e. The summed E-state index contributed by atoms with van der Waals surface area (Å²) in [6.45, 7) is 2.09. The molecule has 2 rings (SSSR count). The molecule has 4 heteroatoms. The van der Waals surface area contributed by atoms with Crippen molar-refractivity contribution in [2.45, 2.75) is 12.5 Å². The highest BCUT2D eigenvalue weighted by Crippen LogP contribution is 2.29. The Morgan fingerprint density at radius 2 is 2.19 bits per heavy atom. The molecule has 0 aliphatic carbocycles. The van der Waals surface area contributed by atoms with Gasteiger partial charge in [-0.15, -0.1) is 0 Å². The Kier molecular flexibility index (Phi) is 3.51. The first-order chi connectivity index (χ1) is 7.83. The molecule has 0 bridgehead atoms. The fraction of sp³-hybridized carbons (Fsp3) is 0.500. The topological polar surface area (TPSA) is 42.5 Å². The number of anilines is 1. The van der Waals surface area contributed by atoms with Gasteiger partial charge in [0, 0.05) is 18.7 Å². The molecule has 1 unspecified atom stereocenters. The van der Waals surface area contributed by atoms with E-state index in [0.717, 1.165) is 36.7 Å². The second-order valence-electron chi connectivity index (χ2n) is 3.90. The number of methoxy groups -OCH3 is 2. The van der Waals surface area contributed by atoms with Gasteiger partial charge in [0.05, 0.1) is 19.9 Å². The van der Waals surface area contributed by atoms with E-state index in [1.807, 2.05) is 18.2 Å². The monoisotopic (exact) mass is 222 g/mol. The average molecular weight is 222 g/mol. The normalized spacial score (nSPS) is 19.5. The predicted octanol–water partition coefficient (Wildman–Crippen LogP) is 1.48. The summed E-state index contributed by atoms with van der Waals surface area (Å²) < 4.78 is 10.5. The maximum atomic E-state index is 5.34. The fourth-order valence-corrected chi connectivity index (χ4v) is 1.92. The largest absolute Gasteiger partial charge is 0.497 e. The molecule has 1 fully saturated rings. The van der Waals surface area contributed by atoms with Gasteiger partial charge in [0.1, 0.15) is 11.5 Å². The number of rotatable bonds is 4. The van der Waals surface area contributed by atoms with E-state index in [0.29, 0.717) is 6.04 Å². The second-order valence-corrected chi connectivity index (χ2v) is 3.90. The van der Waals surface area contributed by atoms with Gasteiger partial charge >= 0.3 is 0 Å². The minimum absolute atomic E-state index is 0.488. The summed E-state index contributed by atoms with van der Waals surface area (Å²) in [5, 5.41) is 6.79. The van der Waals surface area contributed by atoms with Crippen molar-refractivity contribution in [2.75, 3.05) is 32.6 Å². The Balaban J connectivity index is 2.12. The molecular formula is C12H18N2O2. The van der Waals surface area contributed by atoms with Gasteiger partial charge in [0.15, 0.2) is 0 Å². The maximum Gasteiger partial charge on any atom is 0.145 e. The van der Waals surface area contributed by atoms with Crippen LogP contribution in [0.4, 0.5) is 5.69 Å². The third kappa shape index (κ3) is 2.39. The van der Waals surface area contributed by atoms with Crippen molar-refractivity contribution in [1.82, 2.24) is 5.32 Å². The molecule has 0 spiro atoms. The molecule has 1 heterocycles. The Morgan fingerprint density at radius 1 is 1.31 bits per heavy atom. The van der Waals surface area contributed by atoms with Crippen molar-refractivity contribution in [3.8, 4) is 11.5 Å². The van der Waals surface area contributed by atoms with Crippen molar-refractivity contribution in [3.63, 3.8) is 0 Å². The van der Waals surface area contributed by atoms with Crippen LogP contribution in [0.15, 0.2) is 18.2 Å². The molecule has 0 saturated carbocycles. The Bertz CT molecular complexity index is 349. The first-order valence-electron chi connectivity index (χ1n) is 5.53. The highest BCUT2D eigenvalue weighted by atomic mass is 16.5. The van der Waals surface area contributed by atoms with Gasteiger partial charge in [0.2, 0.25) is 0 Å². The van der Waals surface area contributed by atoms with Crippen LogP contribution < -0.4 is 20.1 Å². The minimum Gasteiger partial charge on any atom is -0.497 e. The molecule has 1 aromatic rings. The van der Waals surface area contributed by atoms with Crippen LogP contribution in [0.3, 0.4) is 0 Å². The van der Waals surface area contributed by atoms with Gasteiger partial charge in [-0.3, -0.25) is 0 Å². The number of benzene rings is 1. The molecule has 88 valence electrons. The molecule has 1 aliphatic rings. The van der Waals surface area contributed by atoms with Crippen LogP contribution in [0.25, 0.3) is 0 Å². The SMILES string of the molecule is COc1ccc(NC2CCNC2)c(OC)c1. The van der Waals surface area contributed by atoms with Crippen LogP contribution in [0.1, 0.15) is 6.42 Å². The number of hydrogen-bond acceptors (Lipinski definition) is 4. The van der Waals surface area contributed by atoms with E-state index in [1.165, 1.54) is 0 Å². The van der Waals surface area contributed by atoms with Gasteiger partial charge in [-0.05, 0) is 25.1 Å². The summed E-state index contributed by atoms with van der Waals surface area (Å²) in [4.78, 5) is 0. The lowest BCUT2D eigenvalue weighted by Gasteiger charge is -2.16. The van der Waals surface area contributed by atoms with E-state index in [-0.39, 0.29) is 0 Å². The van der Waals surface area contributed by atoms with Crippen molar-refractivity contribution in [3.05, 3.63) is 18.2 Å². The summed E-state index contributed by atoms with van der Waals surface area (Å²) in [7, 11) is 3.33. The molecule has 2 N–H and O–H groups in total. The maximum absolute atomic E-state index is 5.34. The van der Waals surface area contributed by atoms with Crippen molar-refractivity contribution in [1.29, 1.82) is 0 Å². The van der Waals surface area contributed by atoms with E-state index in [2.05, 4.69) is 10.6 Å². The van der Waals surface area contributed by atoms with Crippen LogP contribution in [0.2, 0.25) is 0 Å². The molecule has 4 nitrogen and oxygen atoms in total. The average Bonchev–Trinajstić information content (AvgIpc) is 2.82. The van der Waals surface area contributed by atoms with Gasteiger partial charge in [-0.25, -0.2) is 0 Å². The molecule has 0 aromatic heterocycles. The molecule has 1 aromatic carbocycles. The number of nitrogens with one attached hydrogen (secondary N) is 2. The molecule has 1 aliphatic heterocycles. The van der Waals surface area contributed by atoms with E-state index >= 15 is 0 Å². The molecule has 1 atom stereocenters.